The van der Waals surface area contributed by atoms with Crippen LogP contribution in [0, 0.1) is 0 Å². The Morgan fingerprint density at radius 1 is 0.844 bits per heavy atom. The molecular formula is C27H24N2O3. The Kier molecular flexibility index (Phi) is 6.17. The van der Waals surface area contributed by atoms with E-state index in [0.717, 1.165) is 16.3 Å². The molecule has 2 amide bonds. The van der Waals surface area contributed by atoms with Gasteiger partial charge in [0.1, 0.15) is 11.8 Å². The normalized spacial score (nSPS) is 11.7. The standard InChI is InChI=1S/C27H24N2O3/c1-32-24-13-7-8-19(16-24)18-29(25(26(28)30)21-10-3-2-4-11-21)27(31)23-15-14-20-9-5-6-12-22(20)17-23/h2-17,25H,18H2,1H3,(H2,28,30)/t25-/m1/s1. The van der Waals surface area contributed by atoms with Crippen molar-refractivity contribution in [1.29, 1.82) is 0 Å². The third kappa shape index (κ3) is 4.47. The van der Waals surface area contributed by atoms with Crippen LogP contribution in [0.2, 0.25) is 0 Å². The second-order valence-electron chi connectivity index (χ2n) is 7.56. The number of methoxy groups -OCH3 is 1. The van der Waals surface area contributed by atoms with Crippen LogP contribution in [0.4, 0.5) is 0 Å². The molecule has 4 rings (SSSR count). The lowest BCUT2D eigenvalue weighted by Gasteiger charge is -2.30. The molecule has 0 saturated heterocycles. The third-order valence-corrected chi connectivity index (χ3v) is 5.44. The fourth-order valence-corrected chi connectivity index (χ4v) is 3.87. The first-order valence-corrected chi connectivity index (χ1v) is 10.3. The van der Waals surface area contributed by atoms with Gasteiger partial charge in [-0.25, -0.2) is 0 Å². The van der Waals surface area contributed by atoms with E-state index in [1.165, 1.54) is 4.90 Å². The second kappa shape index (κ2) is 9.35. The van der Waals surface area contributed by atoms with Gasteiger partial charge in [-0.15, -0.1) is 0 Å². The first-order valence-electron chi connectivity index (χ1n) is 10.3. The summed E-state index contributed by atoms with van der Waals surface area (Å²) in [6, 6.07) is 29.0. The summed E-state index contributed by atoms with van der Waals surface area (Å²) in [4.78, 5) is 27.9. The molecule has 0 saturated carbocycles. The number of rotatable bonds is 7. The lowest BCUT2D eigenvalue weighted by Crippen LogP contribution is -2.41. The van der Waals surface area contributed by atoms with E-state index in [0.29, 0.717) is 16.9 Å². The molecule has 0 aliphatic rings. The Bertz CT molecular complexity index is 1250. The van der Waals surface area contributed by atoms with Crippen LogP contribution in [-0.4, -0.2) is 23.8 Å². The zero-order chi connectivity index (χ0) is 22.5. The molecule has 0 heterocycles. The van der Waals surface area contributed by atoms with Crippen LogP contribution < -0.4 is 10.5 Å². The van der Waals surface area contributed by atoms with Crippen LogP contribution in [0.15, 0.2) is 97.1 Å². The first-order chi connectivity index (χ1) is 15.6. The van der Waals surface area contributed by atoms with Crippen LogP contribution in [0.1, 0.15) is 27.5 Å². The fourth-order valence-electron chi connectivity index (χ4n) is 3.87. The van der Waals surface area contributed by atoms with E-state index in [1.54, 1.807) is 13.2 Å². The van der Waals surface area contributed by atoms with Gasteiger partial charge in [-0.05, 0) is 46.2 Å². The molecule has 32 heavy (non-hydrogen) atoms. The fraction of sp³-hybridized carbons (Fsp3) is 0.111. The van der Waals surface area contributed by atoms with Crippen molar-refractivity contribution in [2.24, 2.45) is 5.73 Å². The number of benzene rings is 4. The largest absolute Gasteiger partial charge is 0.497 e. The van der Waals surface area contributed by atoms with E-state index in [1.807, 2.05) is 91.0 Å². The summed E-state index contributed by atoms with van der Waals surface area (Å²) in [7, 11) is 1.59. The quantitative estimate of drug-likeness (QED) is 0.467. The predicted molar refractivity (Wildman–Crippen MR) is 125 cm³/mol. The van der Waals surface area contributed by atoms with Crippen LogP contribution in [0.5, 0.6) is 5.75 Å². The minimum absolute atomic E-state index is 0.200. The number of ether oxygens (including phenoxy) is 1. The molecular weight excluding hydrogens is 400 g/mol. The molecule has 0 aromatic heterocycles. The van der Waals surface area contributed by atoms with Gasteiger partial charge in [0.05, 0.1) is 7.11 Å². The molecule has 0 radical (unpaired) electrons. The number of nitrogens with zero attached hydrogens (tertiary/aromatic N) is 1. The number of hydrogen-bond acceptors (Lipinski definition) is 3. The summed E-state index contributed by atoms with van der Waals surface area (Å²) >= 11 is 0. The molecule has 0 fully saturated rings. The van der Waals surface area contributed by atoms with E-state index in [2.05, 4.69) is 0 Å². The maximum atomic E-state index is 13.8. The molecule has 0 aliphatic heterocycles. The zero-order valence-electron chi connectivity index (χ0n) is 17.8. The average Bonchev–Trinajstić information content (AvgIpc) is 2.83. The maximum Gasteiger partial charge on any atom is 0.255 e. The van der Waals surface area contributed by atoms with Gasteiger partial charge in [0, 0.05) is 12.1 Å². The highest BCUT2D eigenvalue weighted by Crippen LogP contribution is 2.27. The molecule has 4 aromatic rings. The van der Waals surface area contributed by atoms with Crippen LogP contribution in [-0.2, 0) is 11.3 Å². The molecule has 160 valence electrons. The van der Waals surface area contributed by atoms with Crippen molar-refractivity contribution < 1.29 is 14.3 Å². The summed E-state index contributed by atoms with van der Waals surface area (Å²) < 4.78 is 5.33. The Balaban J connectivity index is 1.79. The minimum atomic E-state index is -0.915. The van der Waals surface area contributed by atoms with E-state index < -0.39 is 11.9 Å². The van der Waals surface area contributed by atoms with Crippen molar-refractivity contribution in [1.82, 2.24) is 4.90 Å². The van der Waals surface area contributed by atoms with E-state index in [4.69, 9.17) is 10.5 Å². The van der Waals surface area contributed by atoms with E-state index >= 15 is 0 Å². The molecule has 4 aromatic carbocycles. The zero-order valence-corrected chi connectivity index (χ0v) is 17.8. The minimum Gasteiger partial charge on any atom is -0.497 e. The van der Waals surface area contributed by atoms with Gasteiger partial charge in [-0.2, -0.15) is 0 Å². The van der Waals surface area contributed by atoms with Gasteiger partial charge in [-0.1, -0.05) is 72.8 Å². The SMILES string of the molecule is COc1cccc(CN(C(=O)c2ccc3ccccc3c2)[C@@H](C(N)=O)c2ccccc2)c1. The number of amides is 2. The topological polar surface area (TPSA) is 72.6 Å². The van der Waals surface area contributed by atoms with Gasteiger partial charge >= 0.3 is 0 Å². The lowest BCUT2D eigenvalue weighted by atomic mass is 10.0. The van der Waals surface area contributed by atoms with Crippen molar-refractivity contribution in [2.75, 3.05) is 7.11 Å². The highest BCUT2D eigenvalue weighted by molar-refractivity contribution is 6.00. The van der Waals surface area contributed by atoms with Crippen molar-refractivity contribution in [3.8, 4) is 5.75 Å². The summed E-state index contributed by atoms with van der Waals surface area (Å²) in [5.41, 5.74) is 7.82. The predicted octanol–water partition coefficient (Wildman–Crippen LogP) is 4.72. The molecule has 5 nitrogen and oxygen atoms in total. The summed E-state index contributed by atoms with van der Waals surface area (Å²) in [6.07, 6.45) is 0. The second-order valence-corrected chi connectivity index (χ2v) is 7.56. The lowest BCUT2D eigenvalue weighted by molar-refractivity contribution is -0.122. The molecule has 0 spiro atoms. The molecule has 1 atom stereocenters. The Hall–Kier alpha value is -4.12. The van der Waals surface area contributed by atoms with Crippen molar-refractivity contribution in [3.05, 3.63) is 114 Å². The number of nitrogens with two attached hydrogens (primary N) is 1. The Morgan fingerprint density at radius 3 is 2.28 bits per heavy atom. The number of hydrogen-bond donors (Lipinski definition) is 1. The maximum absolute atomic E-state index is 13.8. The summed E-state index contributed by atoms with van der Waals surface area (Å²) in [5.74, 6) is -0.185. The van der Waals surface area contributed by atoms with Crippen LogP contribution >= 0.6 is 0 Å². The van der Waals surface area contributed by atoms with Gasteiger partial charge in [-0.3, -0.25) is 9.59 Å². The van der Waals surface area contributed by atoms with Crippen molar-refractivity contribution in [2.45, 2.75) is 12.6 Å². The highest BCUT2D eigenvalue weighted by Gasteiger charge is 2.30. The number of carbonyl (C=O) groups is 2. The molecule has 2 N–H and O–H groups in total. The number of fused-ring (bicyclic) bond motifs is 1. The summed E-state index contributed by atoms with van der Waals surface area (Å²) in [5, 5.41) is 1.99. The summed E-state index contributed by atoms with van der Waals surface area (Å²) in [6.45, 7) is 0.200. The van der Waals surface area contributed by atoms with E-state index in [9.17, 15) is 9.59 Å². The van der Waals surface area contributed by atoms with Gasteiger partial charge in [0.25, 0.3) is 5.91 Å². The monoisotopic (exact) mass is 424 g/mol. The van der Waals surface area contributed by atoms with Gasteiger partial charge < -0.3 is 15.4 Å². The average molecular weight is 425 g/mol. The van der Waals surface area contributed by atoms with Crippen LogP contribution in [0.3, 0.4) is 0 Å². The molecule has 0 unspecified atom stereocenters. The van der Waals surface area contributed by atoms with Gasteiger partial charge in [0.2, 0.25) is 5.91 Å². The Labute approximate surface area is 187 Å². The van der Waals surface area contributed by atoms with Crippen LogP contribution in [0.25, 0.3) is 10.8 Å². The first kappa shape index (κ1) is 21.1. The Morgan fingerprint density at radius 2 is 1.56 bits per heavy atom. The molecule has 5 heteroatoms. The smallest absolute Gasteiger partial charge is 0.255 e. The molecule has 0 aliphatic carbocycles. The third-order valence-electron chi connectivity index (χ3n) is 5.44. The number of primary amides is 1. The van der Waals surface area contributed by atoms with Crippen molar-refractivity contribution >= 4 is 22.6 Å². The van der Waals surface area contributed by atoms with Crippen molar-refractivity contribution in [3.63, 3.8) is 0 Å². The van der Waals surface area contributed by atoms with Gasteiger partial charge in [0.15, 0.2) is 0 Å². The number of carbonyl (C=O) groups excluding carboxylic acids is 2. The van der Waals surface area contributed by atoms with E-state index in [-0.39, 0.29) is 12.5 Å². The molecule has 0 bridgehead atoms. The highest BCUT2D eigenvalue weighted by atomic mass is 16.5.